The summed E-state index contributed by atoms with van der Waals surface area (Å²) in [5, 5.41) is 1.10. The molecule has 2 aromatic rings. The van der Waals surface area contributed by atoms with Crippen molar-refractivity contribution < 1.29 is 4.42 Å². The second-order valence-electron chi connectivity index (χ2n) is 3.51. The van der Waals surface area contributed by atoms with Gasteiger partial charge < -0.3 is 9.32 Å². The van der Waals surface area contributed by atoms with Crippen LogP contribution in [0, 0.1) is 0 Å². The third kappa shape index (κ3) is 2.45. The number of fused-ring (bicyclic) bond motifs is 1. The second kappa shape index (κ2) is 5.46. The summed E-state index contributed by atoms with van der Waals surface area (Å²) >= 11 is 11.6. The van der Waals surface area contributed by atoms with Gasteiger partial charge in [-0.3, -0.25) is 0 Å². The molecule has 0 bridgehead atoms. The third-order valence-corrected chi connectivity index (χ3v) is 2.85. The van der Waals surface area contributed by atoms with Crippen LogP contribution < -0.4 is 4.90 Å². The van der Waals surface area contributed by atoms with Gasteiger partial charge in [-0.25, -0.2) is 0 Å². The number of benzene rings is 1. The highest BCUT2D eigenvalue weighted by molar-refractivity contribution is 6.18. The summed E-state index contributed by atoms with van der Waals surface area (Å²) in [6, 6.07) is 8.06. The maximum Gasteiger partial charge on any atom is 0.133 e. The van der Waals surface area contributed by atoms with E-state index in [4.69, 9.17) is 27.6 Å². The average Bonchev–Trinajstić information content (AvgIpc) is 2.75. The van der Waals surface area contributed by atoms with Crippen LogP contribution in [0.25, 0.3) is 11.0 Å². The zero-order valence-electron chi connectivity index (χ0n) is 8.83. The lowest BCUT2D eigenvalue weighted by Gasteiger charge is -2.22. The van der Waals surface area contributed by atoms with Crippen molar-refractivity contribution in [3.05, 3.63) is 30.5 Å². The van der Waals surface area contributed by atoms with Crippen molar-refractivity contribution in [2.24, 2.45) is 0 Å². The van der Waals surface area contributed by atoms with Crippen molar-refractivity contribution in [3.63, 3.8) is 0 Å². The van der Waals surface area contributed by atoms with Gasteiger partial charge in [0.2, 0.25) is 0 Å². The molecule has 0 aliphatic rings. The highest BCUT2D eigenvalue weighted by Crippen LogP contribution is 2.22. The Kier molecular flexibility index (Phi) is 3.97. The number of rotatable bonds is 5. The van der Waals surface area contributed by atoms with Gasteiger partial charge in [0.05, 0.1) is 6.26 Å². The van der Waals surface area contributed by atoms with Gasteiger partial charge in [-0.05, 0) is 24.3 Å². The third-order valence-electron chi connectivity index (χ3n) is 2.51. The SMILES string of the molecule is ClCCN(CCCl)c1ccc2occc2c1. The molecule has 16 heavy (non-hydrogen) atoms. The summed E-state index contributed by atoms with van der Waals surface area (Å²) in [6.45, 7) is 1.61. The smallest absolute Gasteiger partial charge is 0.133 e. The molecule has 0 aliphatic heterocycles. The minimum absolute atomic E-state index is 0.598. The minimum atomic E-state index is 0.598. The van der Waals surface area contributed by atoms with Crippen LogP contribution in [0.5, 0.6) is 0 Å². The van der Waals surface area contributed by atoms with Crippen LogP contribution in [-0.2, 0) is 0 Å². The fourth-order valence-electron chi connectivity index (χ4n) is 1.72. The van der Waals surface area contributed by atoms with E-state index in [-0.39, 0.29) is 0 Å². The molecule has 0 saturated carbocycles. The Bertz CT molecular complexity index is 449. The monoisotopic (exact) mass is 257 g/mol. The maximum absolute atomic E-state index is 5.78. The molecule has 86 valence electrons. The molecule has 1 aromatic heterocycles. The van der Waals surface area contributed by atoms with Gasteiger partial charge in [-0.1, -0.05) is 0 Å². The largest absolute Gasteiger partial charge is 0.464 e. The zero-order valence-corrected chi connectivity index (χ0v) is 10.3. The van der Waals surface area contributed by atoms with E-state index < -0.39 is 0 Å². The van der Waals surface area contributed by atoms with Crippen molar-refractivity contribution in [3.8, 4) is 0 Å². The molecule has 0 unspecified atom stereocenters. The highest BCUT2D eigenvalue weighted by atomic mass is 35.5. The van der Waals surface area contributed by atoms with E-state index in [1.807, 2.05) is 18.2 Å². The molecule has 2 nitrogen and oxygen atoms in total. The van der Waals surface area contributed by atoms with Crippen LogP contribution in [-0.4, -0.2) is 24.8 Å². The van der Waals surface area contributed by atoms with Crippen molar-refractivity contribution in [2.75, 3.05) is 29.7 Å². The number of halogens is 2. The molecule has 0 aliphatic carbocycles. The molecule has 1 aromatic carbocycles. The number of anilines is 1. The fourth-order valence-corrected chi connectivity index (χ4v) is 2.13. The van der Waals surface area contributed by atoms with E-state index in [0.29, 0.717) is 11.8 Å². The molecule has 0 atom stereocenters. The van der Waals surface area contributed by atoms with Crippen molar-refractivity contribution in [1.29, 1.82) is 0 Å². The van der Waals surface area contributed by atoms with E-state index in [1.54, 1.807) is 6.26 Å². The topological polar surface area (TPSA) is 16.4 Å². The Morgan fingerprint density at radius 3 is 2.50 bits per heavy atom. The molecule has 0 fully saturated rings. The molecule has 1 heterocycles. The van der Waals surface area contributed by atoms with E-state index >= 15 is 0 Å². The maximum atomic E-state index is 5.78. The van der Waals surface area contributed by atoms with E-state index in [2.05, 4.69) is 11.0 Å². The Balaban J connectivity index is 2.28. The first-order valence-corrected chi connectivity index (χ1v) is 6.26. The second-order valence-corrected chi connectivity index (χ2v) is 4.26. The summed E-state index contributed by atoms with van der Waals surface area (Å²) < 4.78 is 5.30. The first-order valence-electron chi connectivity index (χ1n) is 5.19. The van der Waals surface area contributed by atoms with Crippen molar-refractivity contribution in [1.82, 2.24) is 0 Å². The van der Waals surface area contributed by atoms with Gasteiger partial charge in [0.25, 0.3) is 0 Å². The van der Waals surface area contributed by atoms with E-state index in [1.165, 1.54) is 0 Å². The first kappa shape index (κ1) is 11.6. The molecule has 0 N–H and O–H groups in total. The molecular formula is C12H13Cl2NO. The molecule has 4 heteroatoms. The van der Waals surface area contributed by atoms with Crippen LogP contribution >= 0.6 is 23.2 Å². The fraction of sp³-hybridized carbons (Fsp3) is 0.333. The minimum Gasteiger partial charge on any atom is -0.464 e. The van der Waals surface area contributed by atoms with Gasteiger partial charge in [-0.15, -0.1) is 23.2 Å². The number of hydrogen-bond acceptors (Lipinski definition) is 2. The molecular weight excluding hydrogens is 245 g/mol. The lowest BCUT2D eigenvalue weighted by atomic mass is 10.2. The molecule has 0 spiro atoms. The van der Waals surface area contributed by atoms with Gasteiger partial charge in [0, 0.05) is 35.9 Å². The van der Waals surface area contributed by atoms with Gasteiger partial charge >= 0.3 is 0 Å². The predicted octanol–water partition coefficient (Wildman–Crippen LogP) is 3.72. The normalized spacial score (nSPS) is 10.9. The van der Waals surface area contributed by atoms with Gasteiger partial charge in [-0.2, -0.15) is 0 Å². The van der Waals surface area contributed by atoms with E-state index in [9.17, 15) is 0 Å². The number of nitrogens with zero attached hydrogens (tertiary/aromatic N) is 1. The summed E-state index contributed by atoms with van der Waals surface area (Å²) in [5.41, 5.74) is 2.04. The molecule has 2 rings (SSSR count). The number of hydrogen-bond donors (Lipinski definition) is 0. The Hall–Kier alpha value is -0.860. The van der Waals surface area contributed by atoms with E-state index in [0.717, 1.165) is 29.7 Å². The lowest BCUT2D eigenvalue weighted by molar-refractivity contribution is 0.616. The molecule has 0 saturated heterocycles. The summed E-state index contributed by atoms with van der Waals surface area (Å²) in [7, 11) is 0. The van der Waals surface area contributed by atoms with Crippen LogP contribution in [0.15, 0.2) is 34.9 Å². The Morgan fingerprint density at radius 2 is 1.81 bits per heavy atom. The van der Waals surface area contributed by atoms with Crippen LogP contribution in [0.4, 0.5) is 5.69 Å². The van der Waals surface area contributed by atoms with Gasteiger partial charge in [0.1, 0.15) is 5.58 Å². The summed E-state index contributed by atoms with van der Waals surface area (Å²) in [6.07, 6.45) is 1.70. The van der Waals surface area contributed by atoms with Crippen molar-refractivity contribution in [2.45, 2.75) is 0 Å². The van der Waals surface area contributed by atoms with Crippen molar-refractivity contribution >= 4 is 39.9 Å². The standard InChI is InChI=1S/C12H13Cl2NO/c13-4-6-15(7-5-14)11-1-2-12-10(9-11)3-8-16-12/h1-3,8-9H,4-7H2. The Morgan fingerprint density at radius 1 is 1.06 bits per heavy atom. The first-order chi connectivity index (χ1) is 7.85. The summed E-state index contributed by atoms with van der Waals surface area (Å²) in [4.78, 5) is 2.17. The summed E-state index contributed by atoms with van der Waals surface area (Å²) in [5.74, 6) is 1.20. The van der Waals surface area contributed by atoms with Crippen LogP contribution in [0.2, 0.25) is 0 Å². The quantitative estimate of drug-likeness (QED) is 0.760. The zero-order chi connectivity index (χ0) is 11.4. The van der Waals surface area contributed by atoms with Gasteiger partial charge in [0.15, 0.2) is 0 Å². The Labute approximate surface area is 105 Å². The number of alkyl halides is 2. The van der Waals surface area contributed by atoms with Crippen LogP contribution in [0.1, 0.15) is 0 Å². The van der Waals surface area contributed by atoms with Crippen LogP contribution in [0.3, 0.4) is 0 Å². The number of furan rings is 1. The lowest BCUT2D eigenvalue weighted by Crippen LogP contribution is -2.27. The molecule has 0 amide bonds. The highest BCUT2D eigenvalue weighted by Gasteiger charge is 2.06. The molecule has 0 radical (unpaired) electrons. The average molecular weight is 258 g/mol. The predicted molar refractivity (Wildman–Crippen MR) is 69.9 cm³/mol.